The number of rotatable bonds is 3. The van der Waals surface area contributed by atoms with Gasteiger partial charge in [0, 0.05) is 5.56 Å². The van der Waals surface area contributed by atoms with Crippen LogP contribution >= 0.6 is 27.5 Å². The third kappa shape index (κ3) is 2.57. The summed E-state index contributed by atoms with van der Waals surface area (Å²) in [5.74, 6) is 2.03. The van der Waals surface area contributed by atoms with E-state index in [-0.39, 0.29) is 0 Å². The summed E-state index contributed by atoms with van der Waals surface area (Å²) < 4.78 is 6.73. The quantitative estimate of drug-likeness (QED) is 0.726. The average molecular weight is 298 g/mol. The molecule has 2 aromatic carbocycles. The largest absolute Gasteiger partial charge is 0.456 e. The Kier molecular flexibility index (Phi) is 3.86. The van der Waals surface area contributed by atoms with Crippen LogP contribution in [-0.4, -0.2) is 0 Å². The molecule has 0 unspecified atom stereocenters. The minimum atomic E-state index is 0.445. The molecule has 0 heterocycles. The normalized spacial score (nSPS) is 10.1. The van der Waals surface area contributed by atoms with Crippen molar-refractivity contribution in [3.05, 3.63) is 58.6 Å². The van der Waals surface area contributed by atoms with E-state index in [4.69, 9.17) is 16.3 Å². The van der Waals surface area contributed by atoms with Gasteiger partial charge in [0.1, 0.15) is 11.5 Å². The second-order valence-corrected chi connectivity index (χ2v) is 4.40. The van der Waals surface area contributed by atoms with Crippen molar-refractivity contribution in [2.24, 2.45) is 0 Å². The molecule has 3 heteroatoms. The summed E-state index contributed by atoms with van der Waals surface area (Å²) in [6.45, 7) is 0. The highest BCUT2D eigenvalue weighted by Gasteiger charge is 2.05. The maximum Gasteiger partial charge on any atom is 0.141 e. The Hall–Kier alpha value is -0.990. The molecular formula is C13H10BrClO. The first-order valence-electron chi connectivity index (χ1n) is 4.87. The Labute approximate surface area is 108 Å². The van der Waals surface area contributed by atoms with Gasteiger partial charge in [0.2, 0.25) is 0 Å². The monoisotopic (exact) mass is 296 g/mol. The van der Waals surface area contributed by atoms with Gasteiger partial charge in [-0.25, -0.2) is 0 Å². The lowest BCUT2D eigenvalue weighted by atomic mass is 10.2. The molecule has 0 fully saturated rings. The predicted octanol–water partition coefficient (Wildman–Crippen LogP) is 4.98. The van der Waals surface area contributed by atoms with E-state index in [0.717, 1.165) is 21.5 Å². The lowest BCUT2D eigenvalue weighted by molar-refractivity contribution is 0.475. The van der Waals surface area contributed by atoms with Gasteiger partial charge in [0.05, 0.1) is 10.4 Å². The Morgan fingerprint density at radius 2 is 1.56 bits per heavy atom. The van der Waals surface area contributed by atoms with Crippen molar-refractivity contribution < 1.29 is 4.74 Å². The Morgan fingerprint density at radius 3 is 2.25 bits per heavy atom. The van der Waals surface area contributed by atoms with Gasteiger partial charge in [0.15, 0.2) is 0 Å². The summed E-state index contributed by atoms with van der Waals surface area (Å²) in [5.41, 5.74) is 0.986. The van der Waals surface area contributed by atoms with E-state index in [1.807, 2.05) is 48.5 Å². The molecule has 0 aliphatic carbocycles. The Balaban J connectivity index is 2.30. The van der Waals surface area contributed by atoms with Gasteiger partial charge in [-0.05, 0) is 34.1 Å². The topological polar surface area (TPSA) is 9.23 Å². The second-order valence-electron chi connectivity index (χ2n) is 3.27. The van der Waals surface area contributed by atoms with Crippen molar-refractivity contribution in [3.8, 4) is 11.5 Å². The van der Waals surface area contributed by atoms with Gasteiger partial charge >= 0.3 is 0 Å². The number of ether oxygens (including phenoxy) is 1. The molecule has 1 nitrogen and oxygen atoms in total. The molecule has 0 amide bonds. The lowest BCUT2D eigenvalue weighted by Gasteiger charge is -2.10. The van der Waals surface area contributed by atoms with Crippen molar-refractivity contribution in [1.82, 2.24) is 0 Å². The number of hydrogen-bond donors (Lipinski definition) is 0. The molecule has 0 radical (unpaired) electrons. The molecule has 0 aromatic heterocycles. The van der Waals surface area contributed by atoms with E-state index in [1.54, 1.807) is 0 Å². The lowest BCUT2D eigenvalue weighted by Crippen LogP contribution is -1.89. The van der Waals surface area contributed by atoms with E-state index in [9.17, 15) is 0 Å². The average Bonchev–Trinajstić information content (AvgIpc) is 2.33. The molecule has 2 rings (SSSR count). The highest BCUT2D eigenvalue weighted by molar-refractivity contribution is 9.10. The van der Waals surface area contributed by atoms with Crippen molar-refractivity contribution in [2.45, 2.75) is 5.88 Å². The SMILES string of the molecule is ClCc1ccccc1Oc1ccccc1Br. The van der Waals surface area contributed by atoms with Gasteiger partial charge in [0.25, 0.3) is 0 Å². The summed E-state index contributed by atoms with van der Waals surface area (Å²) in [5, 5.41) is 0. The van der Waals surface area contributed by atoms with Crippen LogP contribution in [0.4, 0.5) is 0 Å². The van der Waals surface area contributed by atoms with E-state index >= 15 is 0 Å². The van der Waals surface area contributed by atoms with Crippen molar-refractivity contribution in [3.63, 3.8) is 0 Å². The van der Waals surface area contributed by atoms with E-state index in [0.29, 0.717) is 5.88 Å². The fourth-order valence-electron chi connectivity index (χ4n) is 1.36. The van der Waals surface area contributed by atoms with Gasteiger partial charge in [-0.3, -0.25) is 0 Å². The summed E-state index contributed by atoms with van der Waals surface area (Å²) in [4.78, 5) is 0. The van der Waals surface area contributed by atoms with Crippen LogP contribution < -0.4 is 4.74 Å². The van der Waals surface area contributed by atoms with E-state index < -0.39 is 0 Å². The smallest absolute Gasteiger partial charge is 0.141 e. The molecule has 0 saturated carbocycles. The first-order chi connectivity index (χ1) is 7.81. The first kappa shape index (κ1) is 11.5. The van der Waals surface area contributed by atoms with Gasteiger partial charge in [-0.2, -0.15) is 0 Å². The minimum Gasteiger partial charge on any atom is -0.456 e. The van der Waals surface area contributed by atoms with Crippen LogP contribution in [-0.2, 0) is 5.88 Å². The minimum absolute atomic E-state index is 0.445. The van der Waals surface area contributed by atoms with Crippen molar-refractivity contribution >= 4 is 27.5 Å². The Bertz CT molecular complexity index is 485. The summed E-state index contributed by atoms with van der Waals surface area (Å²) >= 11 is 9.29. The molecule has 0 aliphatic heterocycles. The summed E-state index contributed by atoms with van der Waals surface area (Å²) in [6.07, 6.45) is 0. The van der Waals surface area contributed by atoms with Gasteiger partial charge in [-0.1, -0.05) is 30.3 Å². The van der Waals surface area contributed by atoms with Crippen LogP contribution in [0, 0.1) is 0 Å². The third-order valence-electron chi connectivity index (χ3n) is 2.17. The van der Waals surface area contributed by atoms with Gasteiger partial charge < -0.3 is 4.74 Å². The predicted molar refractivity (Wildman–Crippen MR) is 70.2 cm³/mol. The molecule has 0 N–H and O–H groups in total. The van der Waals surface area contributed by atoms with Crippen LogP contribution in [0.3, 0.4) is 0 Å². The van der Waals surface area contributed by atoms with Crippen LogP contribution in [0.5, 0.6) is 11.5 Å². The Morgan fingerprint density at radius 1 is 0.938 bits per heavy atom. The van der Waals surface area contributed by atoms with Crippen LogP contribution in [0.25, 0.3) is 0 Å². The highest BCUT2D eigenvalue weighted by atomic mass is 79.9. The molecule has 0 atom stereocenters. The zero-order valence-corrected chi connectivity index (χ0v) is 10.8. The van der Waals surface area contributed by atoms with Crippen molar-refractivity contribution in [2.75, 3.05) is 0 Å². The van der Waals surface area contributed by atoms with E-state index in [2.05, 4.69) is 15.9 Å². The molecule has 2 aromatic rings. The fraction of sp³-hybridized carbons (Fsp3) is 0.0769. The molecule has 0 bridgehead atoms. The fourth-order valence-corrected chi connectivity index (χ4v) is 1.95. The van der Waals surface area contributed by atoms with Crippen molar-refractivity contribution in [1.29, 1.82) is 0 Å². The molecule has 0 aliphatic rings. The summed E-state index contributed by atoms with van der Waals surface area (Å²) in [6, 6.07) is 15.5. The number of halogens is 2. The zero-order chi connectivity index (χ0) is 11.4. The summed E-state index contributed by atoms with van der Waals surface area (Å²) in [7, 11) is 0. The van der Waals surface area contributed by atoms with Crippen LogP contribution in [0.1, 0.15) is 5.56 Å². The number of alkyl halides is 1. The maximum atomic E-state index is 5.85. The molecule has 82 valence electrons. The highest BCUT2D eigenvalue weighted by Crippen LogP contribution is 2.31. The van der Waals surface area contributed by atoms with Gasteiger partial charge in [-0.15, -0.1) is 11.6 Å². The maximum absolute atomic E-state index is 5.85. The number of para-hydroxylation sites is 2. The van der Waals surface area contributed by atoms with Crippen LogP contribution in [0.15, 0.2) is 53.0 Å². The molecule has 0 saturated heterocycles. The molecule has 0 spiro atoms. The second kappa shape index (κ2) is 5.37. The van der Waals surface area contributed by atoms with Crippen LogP contribution in [0.2, 0.25) is 0 Å². The number of benzene rings is 2. The zero-order valence-electron chi connectivity index (χ0n) is 8.49. The van der Waals surface area contributed by atoms with E-state index in [1.165, 1.54) is 0 Å². The standard InChI is InChI=1S/C13H10BrClO/c14-11-6-2-4-8-13(11)16-12-7-3-1-5-10(12)9-15/h1-8H,9H2. The first-order valence-corrected chi connectivity index (χ1v) is 6.20. The molecular weight excluding hydrogens is 287 g/mol. The number of hydrogen-bond acceptors (Lipinski definition) is 1. The third-order valence-corrected chi connectivity index (χ3v) is 3.12. The molecule has 16 heavy (non-hydrogen) atoms.